The first kappa shape index (κ1) is 20.5. The Balaban J connectivity index is 2.47. The Hall–Kier alpha value is -0.810. The van der Waals surface area contributed by atoms with Gasteiger partial charge < -0.3 is 4.74 Å². The van der Waals surface area contributed by atoms with E-state index in [9.17, 15) is 0 Å². The standard InChI is InChI=1S/C19H21Cl2NOS2/c1-4-24-18(13-9-11-14(23-3)12-10-13)19(25-5-2)22-17-15(20)7-6-8-16(17)21/h6-12,18H,4-5H2,1-3H3. The summed E-state index contributed by atoms with van der Waals surface area (Å²) >= 11 is 16.2. The monoisotopic (exact) mass is 413 g/mol. The number of rotatable bonds is 7. The number of ether oxygens (including phenoxy) is 1. The largest absolute Gasteiger partial charge is 0.497 e. The quantitative estimate of drug-likeness (QED) is 0.351. The summed E-state index contributed by atoms with van der Waals surface area (Å²) in [4.78, 5) is 4.85. The highest BCUT2D eigenvalue weighted by Gasteiger charge is 2.20. The van der Waals surface area contributed by atoms with Gasteiger partial charge in [-0.2, -0.15) is 0 Å². The second-order valence-corrected chi connectivity index (χ2v) is 8.54. The van der Waals surface area contributed by atoms with Crippen LogP contribution in [0.4, 0.5) is 5.69 Å². The lowest BCUT2D eigenvalue weighted by atomic mass is 10.1. The van der Waals surface area contributed by atoms with Crippen molar-refractivity contribution in [3.63, 3.8) is 0 Å². The maximum absolute atomic E-state index is 6.32. The second kappa shape index (κ2) is 10.4. The molecule has 0 saturated heterocycles. The lowest BCUT2D eigenvalue weighted by Gasteiger charge is -2.19. The van der Waals surface area contributed by atoms with E-state index < -0.39 is 0 Å². The Morgan fingerprint density at radius 1 is 1.04 bits per heavy atom. The summed E-state index contributed by atoms with van der Waals surface area (Å²) < 4.78 is 5.27. The zero-order valence-electron chi connectivity index (χ0n) is 14.5. The molecule has 0 aliphatic heterocycles. The van der Waals surface area contributed by atoms with E-state index >= 15 is 0 Å². The number of aliphatic imine (C=N–C) groups is 1. The van der Waals surface area contributed by atoms with E-state index in [4.69, 9.17) is 32.9 Å². The number of hydrogen-bond donors (Lipinski definition) is 0. The normalized spacial score (nSPS) is 12.9. The van der Waals surface area contributed by atoms with Crippen LogP contribution in [-0.2, 0) is 0 Å². The molecular formula is C19H21Cl2NOS2. The molecule has 0 amide bonds. The summed E-state index contributed by atoms with van der Waals surface area (Å²) in [5.41, 5.74) is 1.83. The first-order chi connectivity index (χ1) is 12.1. The van der Waals surface area contributed by atoms with Crippen molar-refractivity contribution in [2.24, 2.45) is 4.99 Å². The first-order valence-electron chi connectivity index (χ1n) is 8.01. The van der Waals surface area contributed by atoms with Crippen molar-refractivity contribution in [2.75, 3.05) is 18.6 Å². The number of methoxy groups -OCH3 is 1. The van der Waals surface area contributed by atoms with Crippen LogP contribution in [0.3, 0.4) is 0 Å². The number of thioether (sulfide) groups is 2. The number of nitrogens with zero attached hydrogens (tertiary/aromatic N) is 1. The van der Waals surface area contributed by atoms with Gasteiger partial charge in [0.15, 0.2) is 0 Å². The molecule has 6 heteroatoms. The minimum atomic E-state index is 0.133. The molecule has 134 valence electrons. The Labute approximate surface area is 168 Å². The second-order valence-electron chi connectivity index (χ2n) is 5.06. The van der Waals surface area contributed by atoms with Gasteiger partial charge >= 0.3 is 0 Å². The minimum absolute atomic E-state index is 0.133. The van der Waals surface area contributed by atoms with Crippen molar-refractivity contribution in [1.82, 2.24) is 0 Å². The molecule has 0 bridgehead atoms. The number of benzene rings is 2. The van der Waals surface area contributed by atoms with Crippen LogP contribution in [0.15, 0.2) is 47.5 Å². The Bertz CT molecular complexity index is 700. The highest BCUT2D eigenvalue weighted by molar-refractivity contribution is 8.16. The van der Waals surface area contributed by atoms with Crippen LogP contribution in [0.25, 0.3) is 0 Å². The third kappa shape index (κ3) is 5.58. The molecule has 0 saturated carbocycles. The van der Waals surface area contributed by atoms with E-state index in [-0.39, 0.29) is 5.25 Å². The highest BCUT2D eigenvalue weighted by Crippen LogP contribution is 2.39. The fourth-order valence-electron chi connectivity index (χ4n) is 2.28. The summed E-state index contributed by atoms with van der Waals surface area (Å²) in [6.07, 6.45) is 0. The predicted molar refractivity (Wildman–Crippen MR) is 116 cm³/mol. The summed E-state index contributed by atoms with van der Waals surface area (Å²) in [5, 5.41) is 2.27. The van der Waals surface area contributed by atoms with Gasteiger partial charge in [-0.25, -0.2) is 4.99 Å². The van der Waals surface area contributed by atoms with Crippen LogP contribution in [0, 0.1) is 0 Å². The number of para-hydroxylation sites is 1. The molecule has 0 fully saturated rings. The highest BCUT2D eigenvalue weighted by atomic mass is 35.5. The zero-order chi connectivity index (χ0) is 18.2. The van der Waals surface area contributed by atoms with Gasteiger partial charge in [-0.15, -0.1) is 23.5 Å². The smallest absolute Gasteiger partial charge is 0.118 e. The van der Waals surface area contributed by atoms with Gasteiger partial charge in [-0.05, 0) is 41.3 Å². The Kier molecular flexibility index (Phi) is 8.50. The minimum Gasteiger partial charge on any atom is -0.497 e. The van der Waals surface area contributed by atoms with Gasteiger partial charge in [-0.3, -0.25) is 0 Å². The Morgan fingerprint density at radius 2 is 1.68 bits per heavy atom. The molecule has 1 unspecified atom stereocenters. The molecule has 0 aromatic heterocycles. The van der Waals surface area contributed by atoms with E-state index in [0.717, 1.165) is 22.3 Å². The SMILES string of the molecule is CCSC(=Nc1c(Cl)cccc1Cl)C(SCC)c1ccc(OC)cc1. The molecule has 0 aliphatic rings. The molecular weight excluding hydrogens is 393 g/mol. The van der Waals surface area contributed by atoms with Gasteiger partial charge in [-0.1, -0.05) is 55.2 Å². The van der Waals surface area contributed by atoms with Crippen LogP contribution in [0.5, 0.6) is 5.75 Å². The summed E-state index contributed by atoms with van der Waals surface area (Å²) in [7, 11) is 1.67. The van der Waals surface area contributed by atoms with Crippen LogP contribution < -0.4 is 4.74 Å². The van der Waals surface area contributed by atoms with Crippen molar-refractivity contribution < 1.29 is 4.74 Å². The summed E-state index contributed by atoms with van der Waals surface area (Å²) in [6.45, 7) is 4.27. The lowest BCUT2D eigenvalue weighted by Crippen LogP contribution is -2.07. The molecule has 25 heavy (non-hydrogen) atoms. The fourth-order valence-corrected chi connectivity index (χ4v) is 4.78. The fraction of sp³-hybridized carbons (Fsp3) is 0.316. The Morgan fingerprint density at radius 3 is 2.20 bits per heavy atom. The predicted octanol–water partition coefficient (Wildman–Crippen LogP) is 7.28. The van der Waals surface area contributed by atoms with E-state index in [1.54, 1.807) is 18.9 Å². The number of halogens is 2. The van der Waals surface area contributed by atoms with Gasteiger partial charge in [0.25, 0.3) is 0 Å². The van der Waals surface area contributed by atoms with E-state index in [1.165, 1.54) is 5.56 Å². The molecule has 0 N–H and O–H groups in total. The maximum atomic E-state index is 6.32. The summed E-state index contributed by atoms with van der Waals surface area (Å²) in [6, 6.07) is 13.6. The molecule has 2 aromatic carbocycles. The van der Waals surface area contributed by atoms with Crippen molar-refractivity contribution in [1.29, 1.82) is 0 Å². The molecule has 0 radical (unpaired) electrons. The van der Waals surface area contributed by atoms with Gasteiger partial charge in [0.05, 0.1) is 27.4 Å². The van der Waals surface area contributed by atoms with Gasteiger partial charge in [0.1, 0.15) is 11.4 Å². The van der Waals surface area contributed by atoms with Crippen LogP contribution >= 0.6 is 46.7 Å². The van der Waals surface area contributed by atoms with Gasteiger partial charge in [0.2, 0.25) is 0 Å². The van der Waals surface area contributed by atoms with Crippen LogP contribution in [-0.4, -0.2) is 23.7 Å². The zero-order valence-corrected chi connectivity index (χ0v) is 17.6. The molecule has 2 rings (SSSR count). The third-order valence-electron chi connectivity index (χ3n) is 3.43. The average Bonchev–Trinajstić information content (AvgIpc) is 2.62. The van der Waals surface area contributed by atoms with Crippen LogP contribution in [0.2, 0.25) is 10.0 Å². The lowest BCUT2D eigenvalue weighted by molar-refractivity contribution is 0.414. The van der Waals surface area contributed by atoms with Crippen molar-refractivity contribution in [3.05, 3.63) is 58.1 Å². The van der Waals surface area contributed by atoms with Gasteiger partial charge in [0, 0.05) is 0 Å². The van der Waals surface area contributed by atoms with E-state index in [0.29, 0.717) is 15.7 Å². The topological polar surface area (TPSA) is 21.6 Å². The van der Waals surface area contributed by atoms with Crippen molar-refractivity contribution >= 4 is 57.5 Å². The summed E-state index contributed by atoms with van der Waals surface area (Å²) in [5.74, 6) is 2.76. The maximum Gasteiger partial charge on any atom is 0.118 e. The van der Waals surface area contributed by atoms with Crippen molar-refractivity contribution in [2.45, 2.75) is 19.1 Å². The first-order valence-corrected chi connectivity index (χ1v) is 10.8. The third-order valence-corrected chi connectivity index (χ3v) is 6.26. The number of hydrogen-bond acceptors (Lipinski definition) is 4. The average molecular weight is 414 g/mol. The van der Waals surface area contributed by atoms with Crippen LogP contribution in [0.1, 0.15) is 24.7 Å². The molecule has 2 aromatic rings. The molecule has 1 atom stereocenters. The van der Waals surface area contributed by atoms with E-state index in [1.807, 2.05) is 42.1 Å². The molecule has 0 heterocycles. The van der Waals surface area contributed by atoms with Crippen molar-refractivity contribution in [3.8, 4) is 5.75 Å². The molecule has 0 spiro atoms. The molecule has 0 aliphatic carbocycles. The molecule has 2 nitrogen and oxygen atoms in total. The van der Waals surface area contributed by atoms with E-state index in [2.05, 4.69) is 26.0 Å².